The van der Waals surface area contributed by atoms with Gasteiger partial charge in [0.2, 0.25) is 0 Å². The zero-order valence-corrected chi connectivity index (χ0v) is 11.9. The van der Waals surface area contributed by atoms with Gasteiger partial charge in [-0.25, -0.2) is 0 Å². The predicted octanol–water partition coefficient (Wildman–Crippen LogP) is 3.72. The van der Waals surface area contributed by atoms with Crippen LogP contribution in [0, 0.1) is 11.8 Å². The van der Waals surface area contributed by atoms with Crippen LogP contribution in [0.25, 0.3) is 10.9 Å². The Morgan fingerprint density at radius 2 is 1.80 bits per heavy atom. The van der Waals surface area contributed by atoms with E-state index in [4.69, 9.17) is 5.73 Å². The quantitative estimate of drug-likeness (QED) is 0.811. The van der Waals surface area contributed by atoms with Crippen molar-refractivity contribution in [2.24, 2.45) is 17.6 Å². The maximum atomic E-state index is 6.75. The molecule has 4 saturated carbocycles. The smallest absolute Gasteiger partial charge is 0.0457 e. The molecule has 104 valence electrons. The van der Waals surface area contributed by atoms with E-state index in [0.29, 0.717) is 5.41 Å². The molecule has 0 spiro atoms. The van der Waals surface area contributed by atoms with Gasteiger partial charge in [0, 0.05) is 22.6 Å². The standard InChI is InChI=1S/C18H22N2/c19-18-8-12-5-13(9-18)7-17(6-12,11-18)15-10-20-16-4-2-1-3-14(15)16/h1-4,10,12-13,20H,5-9,11,19H2. The van der Waals surface area contributed by atoms with Gasteiger partial charge in [0.05, 0.1) is 0 Å². The average Bonchev–Trinajstić information content (AvgIpc) is 2.80. The number of nitrogens with one attached hydrogen (secondary N) is 1. The van der Waals surface area contributed by atoms with Crippen molar-refractivity contribution in [3.05, 3.63) is 36.0 Å². The lowest BCUT2D eigenvalue weighted by Gasteiger charge is -2.61. The van der Waals surface area contributed by atoms with E-state index in [9.17, 15) is 0 Å². The van der Waals surface area contributed by atoms with Crippen LogP contribution in [0.3, 0.4) is 0 Å². The zero-order valence-electron chi connectivity index (χ0n) is 11.9. The van der Waals surface area contributed by atoms with E-state index in [1.165, 1.54) is 49.4 Å². The monoisotopic (exact) mass is 266 g/mol. The molecule has 1 heterocycles. The Morgan fingerprint density at radius 1 is 1.05 bits per heavy atom. The number of benzene rings is 1. The summed E-state index contributed by atoms with van der Waals surface area (Å²) in [6, 6.07) is 8.76. The van der Waals surface area contributed by atoms with E-state index < -0.39 is 0 Å². The lowest BCUT2D eigenvalue weighted by molar-refractivity contribution is -0.0220. The molecule has 0 aliphatic heterocycles. The first kappa shape index (κ1) is 11.4. The number of fused-ring (bicyclic) bond motifs is 1. The molecule has 1 aromatic carbocycles. The van der Waals surface area contributed by atoms with Gasteiger partial charge in [0.1, 0.15) is 0 Å². The third-order valence-corrected chi connectivity index (χ3v) is 6.27. The number of aromatic nitrogens is 1. The summed E-state index contributed by atoms with van der Waals surface area (Å²) in [5, 5.41) is 1.43. The predicted molar refractivity (Wildman–Crippen MR) is 81.6 cm³/mol. The fourth-order valence-electron chi connectivity index (χ4n) is 6.16. The fraction of sp³-hybridized carbons (Fsp3) is 0.556. The van der Waals surface area contributed by atoms with Gasteiger partial charge in [0.25, 0.3) is 0 Å². The SMILES string of the molecule is NC12CC3CC(C1)CC(c1c[nH]c4ccccc14)(C3)C2. The largest absolute Gasteiger partial charge is 0.361 e. The highest BCUT2D eigenvalue weighted by Crippen LogP contribution is 2.62. The summed E-state index contributed by atoms with van der Waals surface area (Å²) in [5.41, 5.74) is 10.1. The Hall–Kier alpha value is -1.28. The van der Waals surface area contributed by atoms with E-state index in [0.717, 1.165) is 11.8 Å². The number of hydrogen-bond acceptors (Lipinski definition) is 1. The molecule has 0 radical (unpaired) electrons. The highest BCUT2D eigenvalue weighted by molar-refractivity contribution is 5.84. The summed E-state index contributed by atoms with van der Waals surface area (Å²) in [4.78, 5) is 3.48. The van der Waals surface area contributed by atoms with Crippen LogP contribution in [-0.2, 0) is 5.41 Å². The van der Waals surface area contributed by atoms with Crippen molar-refractivity contribution in [2.45, 2.75) is 49.5 Å². The van der Waals surface area contributed by atoms with Gasteiger partial charge in [-0.1, -0.05) is 18.2 Å². The third kappa shape index (κ3) is 1.38. The van der Waals surface area contributed by atoms with Crippen molar-refractivity contribution in [2.75, 3.05) is 0 Å². The average molecular weight is 266 g/mol. The first-order chi connectivity index (χ1) is 9.66. The minimum atomic E-state index is 0.127. The molecule has 4 aliphatic carbocycles. The van der Waals surface area contributed by atoms with Crippen LogP contribution < -0.4 is 5.73 Å². The van der Waals surface area contributed by atoms with Gasteiger partial charge in [0.15, 0.2) is 0 Å². The number of rotatable bonds is 1. The number of para-hydroxylation sites is 1. The van der Waals surface area contributed by atoms with E-state index in [2.05, 4.69) is 35.4 Å². The van der Waals surface area contributed by atoms with Crippen LogP contribution in [0.2, 0.25) is 0 Å². The molecule has 1 aromatic heterocycles. The Balaban J connectivity index is 1.70. The van der Waals surface area contributed by atoms with Crippen LogP contribution in [-0.4, -0.2) is 10.5 Å². The molecule has 2 atom stereocenters. The number of H-pyrrole nitrogens is 1. The Labute approximate surface area is 119 Å². The Morgan fingerprint density at radius 3 is 2.55 bits per heavy atom. The molecule has 2 heteroatoms. The summed E-state index contributed by atoms with van der Waals surface area (Å²) in [6.45, 7) is 0. The normalized spacial score (nSPS) is 42.5. The van der Waals surface area contributed by atoms with E-state index in [1.807, 2.05) is 0 Å². The minimum Gasteiger partial charge on any atom is -0.361 e. The molecule has 4 fully saturated rings. The van der Waals surface area contributed by atoms with E-state index in [1.54, 1.807) is 5.56 Å². The van der Waals surface area contributed by atoms with Crippen LogP contribution in [0.15, 0.2) is 30.5 Å². The van der Waals surface area contributed by atoms with Gasteiger partial charge >= 0.3 is 0 Å². The maximum Gasteiger partial charge on any atom is 0.0457 e. The molecule has 2 nitrogen and oxygen atoms in total. The van der Waals surface area contributed by atoms with Crippen LogP contribution in [0.5, 0.6) is 0 Å². The second kappa shape index (κ2) is 3.48. The second-order valence-electron chi connectivity index (χ2n) is 7.85. The van der Waals surface area contributed by atoms with Crippen LogP contribution in [0.4, 0.5) is 0 Å². The molecule has 2 aromatic rings. The molecule has 2 unspecified atom stereocenters. The molecule has 0 saturated heterocycles. The Kier molecular flexibility index (Phi) is 1.98. The molecular formula is C18H22N2. The number of aromatic amines is 1. The first-order valence-electron chi connectivity index (χ1n) is 8.01. The molecule has 4 bridgehead atoms. The van der Waals surface area contributed by atoms with E-state index >= 15 is 0 Å². The zero-order chi connectivity index (χ0) is 13.4. The van der Waals surface area contributed by atoms with Gasteiger partial charge in [-0.3, -0.25) is 0 Å². The van der Waals surface area contributed by atoms with Crippen molar-refractivity contribution in [1.29, 1.82) is 0 Å². The van der Waals surface area contributed by atoms with Crippen molar-refractivity contribution in [3.8, 4) is 0 Å². The third-order valence-electron chi connectivity index (χ3n) is 6.27. The fourth-order valence-corrected chi connectivity index (χ4v) is 6.16. The molecule has 20 heavy (non-hydrogen) atoms. The minimum absolute atomic E-state index is 0.127. The van der Waals surface area contributed by atoms with Gasteiger partial charge in [-0.15, -0.1) is 0 Å². The maximum absolute atomic E-state index is 6.75. The highest BCUT2D eigenvalue weighted by Gasteiger charge is 2.57. The molecule has 6 rings (SSSR count). The highest BCUT2D eigenvalue weighted by atomic mass is 14.8. The van der Waals surface area contributed by atoms with E-state index in [-0.39, 0.29) is 5.54 Å². The summed E-state index contributed by atoms with van der Waals surface area (Å²) >= 11 is 0. The van der Waals surface area contributed by atoms with Crippen molar-refractivity contribution in [3.63, 3.8) is 0 Å². The Bertz CT molecular complexity index is 670. The molecule has 4 aliphatic rings. The van der Waals surface area contributed by atoms with Gasteiger partial charge < -0.3 is 10.7 Å². The molecule has 0 amide bonds. The van der Waals surface area contributed by atoms with Crippen molar-refractivity contribution < 1.29 is 0 Å². The second-order valence-corrected chi connectivity index (χ2v) is 7.85. The van der Waals surface area contributed by atoms with Crippen LogP contribution in [0.1, 0.15) is 44.1 Å². The lowest BCUT2D eigenvalue weighted by Crippen LogP contribution is -2.61. The van der Waals surface area contributed by atoms with Gasteiger partial charge in [-0.05, 0) is 67.4 Å². The first-order valence-corrected chi connectivity index (χ1v) is 8.01. The topological polar surface area (TPSA) is 41.8 Å². The summed E-state index contributed by atoms with van der Waals surface area (Å²) in [7, 11) is 0. The molecular weight excluding hydrogens is 244 g/mol. The van der Waals surface area contributed by atoms with Crippen molar-refractivity contribution >= 4 is 10.9 Å². The lowest BCUT2D eigenvalue weighted by atomic mass is 9.45. The van der Waals surface area contributed by atoms with Gasteiger partial charge in [-0.2, -0.15) is 0 Å². The van der Waals surface area contributed by atoms with Crippen molar-refractivity contribution in [1.82, 2.24) is 4.98 Å². The molecule has 3 N–H and O–H groups in total. The summed E-state index contributed by atoms with van der Waals surface area (Å²) < 4.78 is 0. The summed E-state index contributed by atoms with van der Waals surface area (Å²) in [6.07, 6.45) is 10.2. The van der Waals surface area contributed by atoms with Crippen LogP contribution >= 0.6 is 0 Å². The number of hydrogen-bond donors (Lipinski definition) is 2. The number of nitrogens with two attached hydrogens (primary N) is 1. The summed E-state index contributed by atoms with van der Waals surface area (Å²) in [5.74, 6) is 1.74.